The Kier molecular flexibility index (Phi) is 6.31. The van der Waals surface area contributed by atoms with Gasteiger partial charge in [0.25, 0.3) is 0 Å². The SMILES string of the molecule is COc1ccc(OC)c(CNC(=O)CC(N)C(C)C)c1. The molecule has 1 atom stereocenters. The zero-order valence-corrected chi connectivity index (χ0v) is 12.6. The average molecular weight is 280 g/mol. The van der Waals surface area contributed by atoms with E-state index in [1.807, 2.05) is 32.0 Å². The first-order chi connectivity index (χ1) is 9.47. The van der Waals surface area contributed by atoms with Gasteiger partial charge >= 0.3 is 0 Å². The third kappa shape index (κ3) is 4.74. The normalized spacial score (nSPS) is 12.1. The predicted octanol–water partition coefficient (Wildman–Crippen LogP) is 1.69. The van der Waals surface area contributed by atoms with E-state index in [1.165, 1.54) is 0 Å². The van der Waals surface area contributed by atoms with Crippen LogP contribution in [0.15, 0.2) is 18.2 Å². The van der Waals surface area contributed by atoms with E-state index in [-0.39, 0.29) is 17.9 Å². The fraction of sp³-hybridized carbons (Fsp3) is 0.533. The number of methoxy groups -OCH3 is 2. The molecule has 0 aliphatic carbocycles. The van der Waals surface area contributed by atoms with Crippen molar-refractivity contribution >= 4 is 5.91 Å². The van der Waals surface area contributed by atoms with Crippen molar-refractivity contribution in [2.75, 3.05) is 14.2 Å². The quantitative estimate of drug-likeness (QED) is 0.797. The number of nitrogens with one attached hydrogen (secondary N) is 1. The second-order valence-electron chi connectivity index (χ2n) is 5.07. The average Bonchev–Trinajstić information content (AvgIpc) is 2.44. The highest BCUT2D eigenvalue weighted by Gasteiger charge is 2.13. The molecule has 0 radical (unpaired) electrons. The van der Waals surface area contributed by atoms with Gasteiger partial charge in [-0.1, -0.05) is 13.8 Å². The van der Waals surface area contributed by atoms with Crippen molar-refractivity contribution in [1.82, 2.24) is 5.32 Å². The Morgan fingerprint density at radius 2 is 2.00 bits per heavy atom. The van der Waals surface area contributed by atoms with Gasteiger partial charge in [0, 0.05) is 24.6 Å². The van der Waals surface area contributed by atoms with Crippen LogP contribution in [0.3, 0.4) is 0 Å². The van der Waals surface area contributed by atoms with E-state index in [4.69, 9.17) is 15.2 Å². The van der Waals surface area contributed by atoms with Crippen LogP contribution in [-0.2, 0) is 11.3 Å². The maximum absolute atomic E-state index is 11.8. The number of carbonyl (C=O) groups excluding carboxylic acids is 1. The highest BCUT2D eigenvalue weighted by molar-refractivity contribution is 5.76. The molecule has 5 nitrogen and oxygen atoms in total. The molecule has 1 amide bonds. The van der Waals surface area contributed by atoms with Gasteiger partial charge in [-0.15, -0.1) is 0 Å². The van der Waals surface area contributed by atoms with Gasteiger partial charge in [-0.05, 0) is 24.1 Å². The van der Waals surface area contributed by atoms with E-state index in [2.05, 4.69) is 5.32 Å². The largest absolute Gasteiger partial charge is 0.497 e. The molecule has 0 fully saturated rings. The van der Waals surface area contributed by atoms with Crippen molar-refractivity contribution in [2.45, 2.75) is 32.9 Å². The van der Waals surface area contributed by atoms with Crippen LogP contribution >= 0.6 is 0 Å². The van der Waals surface area contributed by atoms with Gasteiger partial charge in [0.05, 0.1) is 14.2 Å². The zero-order chi connectivity index (χ0) is 15.1. The number of nitrogens with two attached hydrogens (primary N) is 1. The van der Waals surface area contributed by atoms with E-state index in [0.29, 0.717) is 13.0 Å². The molecule has 0 spiro atoms. The molecule has 0 bridgehead atoms. The Bertz CT molecular complexity index is 447. The molecule has 0 aliphatic rings. The van der Waals surface area contributed by atoms with Crippen LogP contribution in [0.25, 0.3) is 0 Å². The maximum Gasteiger partial charge on any atom is 0.221 e. The fourth-order valence-corrected chi connectivity index (χ4v) is 1.74. The number of hydrogen-bond donors (Lipinski definition) is 2. The molecule has 1 aromatic rings. The van der Waals surface area contributed by atoms with Gasteiger partial charge in [0.1, 0.15) is 11.5 Å². The summed E-state index contributed by atoms with van der Waals surface area (Å²) in [5.74, 6) is 1.68. The summed E-state index contributed by atoms with van der Waals surface area (Å²) in [6.45, 7) is 4.40. The molecule has 1 rings (SSSR count). The Hall–Kier alpha value is -1.75. The summed E-state index contributed by atoms with van der Waals surface area (Å²) >= 11 is 0. The van der Waals surface area contributed by atoms with Crippen molar-refractivity contribution in [3.63, 3.8) is 0 Å². The molecule has 20 heavy (non-hydrogen) atoms. The Morgan fingerprint density at radius 3 is 2.55 bits per heavy atom. The van der Waals surface area contributed by atoms with Crippen LogP contribution in [0.1, 0.15) is 25.8 Å². The molecule has 0 saturated carbocycles. The van der Waals surface area contributed by atoms with Crippen molar-refractivity contribution < 1.29 is 14.3 Å². The topological polar surface area (TPSA) is 73.6 Å². The van der Waals surface area contributed by atoms with Crippen molar-refractivity contribution in [1.29, 1.82) is 0 Å². The molecule has 0 heterocycles. The predicted molar refractivity (Wildman–Crippen MR) is 78.8 cm³/mol. The standard InChI is InChI=1S/C15H24N2O3/c1-10(2)13(16)8-15(18)17-9-11-7-12(19-3)5-6-14(11)20-4/h5-7,10,13H,8-9,16H2,1-4H3,(H,17,18). The van der Waals surface area contributed by atoms with E-state index in [1.54, 1.807) is 14.2 Å². The van der Waals surface area contributed by atoms with E-state index >= 15 is 0 Å². The minimum absolute atomic E-state index is 0.0592. The van der Waals surface area contributed by atoms with Gasteiger partial charge in [-0.3, -0.25) is 4.79 Å². The lowest BCUT2D eigenvalue weighted by atomic mass is 10.0. The molecule has 0 aliphatic heterocycles. The summed E-state index contributed by atoms with van der Waals surface area (Å²) < 4.78 is 10.4. The van der Waals surface area contributed by atoms with E-state index in [9.17, 15) is 4.79 Å². The molecule has 1 unspecified atom stereocenters. The van der Waals surface area contributed by atoms with Gasteiger partial charge in [0.2, 0.25) is 5.91 Å². The van der Waals surface area contributed by atoms with Crippen molar-refractivity contribution in [3.8, 4) is 11.5 Å². The first-order valence-corrected chi connectivity index (χ1v) is 6.71. The monoisotopic (exact) mass is 280 g/mol. The molecule has 0 aromatic heterocycles. The summed E-state index contributed by atoms with van der Waals surface area (Å²) in [5.41, 5.74) is 6.76. The fourth-order valence-electron chi connectivity index (χ4n) is 1.74. The summed E-state index contributed by atoms with van der Waals surface area (Å²) in [4.78, 5) is 11.8. The number of carbonyl (C=O) groups is 1. The first kappa shape index (κ1) is 16.3. The Morgan fingerprint density at radius 1 is 1.30 bits per heavy atom. The molecule has 5 heteroatoms. The molecule has 1 aromatic carbocycles. The number of benzene rings is 1. The minimum Gasteiger partial charge on any atom is -0.497 e. The van der Waals surface area contributed by atoms with Crippen molar-refractivity contribution in [2.24, 2.45) is 11.7 Å². The van der Waals surface area contributed by atoms with Crippen LogP contribution in [0.2, 0.25) is 0 Å². The van der Waals surface area contributed by atoms with Crippen LogP contribution in [0.5, 0.6) is 11.5 Å². The number of ether oxygens (including phenoxy) is 2. The van der Waals surface area contributed by atoms with Gasteiger partial charge < -0.3 is 20.5 Å². The second kappa shape index (κ2) is 7.75. The smallest absolute Gasteiger partial charge is 0.221 e. The number of rotatable bonds is 7. The summed E-state index contributed by atoms with van der Waals surface area (Å²) in [6.07, 6.45) is 0.323. The second-order valence-corrected chi connectivity index (χ2v) is 5.07. The van der Waals surface area contributed by atoms with Crippen LogP contribution in [0, 0.1) is 5.92 Å². The third-order valence-electron chi connectivity index (χ3n) is 3.24. The highest BCUT2D eigenvalue weighted by atomic mass is 16.5. The molecular formula is C15H24N2O3. The van der Waals surface area contributed by atoms with E-state index < -0.39 is 0 Å². The summed E-state index contributed by atoms with van der Waals surface area (Å²) in [5, 5.41) is 2.86. The van der Waals surface area contributed by atoms with Gasteiger partial charge in [-0.25, -0.2) is 0 Å². The van der Waals surface area contributed by atoms with Crippen LogP contribution in [0.4, 0.5) is 0 Å². The zero-order valence-electron chi connectivity index (χ0n) is 12.6. The number of hydrogen-bond acceptors (Lipinski definition) is 4. The Labute approximate surface area is 120 Å². The molecule has 112 valence electrons. The molecular weight excluding hydrogens is 256 g/mol. The van der Waals surface area contributed by atoms with Gasteiger partial charge in [-0.2, -0.15) is 0 Å². The lowest BCUT2D eigenvalue weighted by Gasteiger charge is -2.16. The van der Waals surface area contributed by atoms with E-state index in [0.717, 1.165) is 17.1 Å². The van der Waals surface area contributed by atoms with Crippen molar-refractivity contribution in [3.05, 3.63) is 23.8 Å². The lowest BCUT2D eigenvalue weighted by Crippen LogP contribution is -2.34. The summed E-state index contributed by atoms with van der Waals surface area (Å²) in [6, 6.07) is 5.36. The highest BCUT2D eigenvalue weighted by Crippen LogP contribution is 2.23. The molecule has 3 N–H and O–H groups in total. The Balaban J connectivity index is 2.62. The minimum atomic E-state index is -0.123. The third-order valence-corrected chi connectivity index (χ3v) is 3.24. The maximum atomic E-state index is 11.8. The van der Waals surface area contributed by atoms with Crippen LogP contribution in [-0.4, -0.2) is 26.2 Å². The molecule has 0 saturated heterocycles. The van der Waals surface area contributed by atoms with Crippen LogP contribution < -0.4 is 20.5 Å². The summed E-state index contributed by atoms with van der Waals surface area (Å²) in [7, 11) is 3.20. The van der Waals surface area contributed by atoms with Gasteiger partial charge in [0.15, 0.2) is 0 Å². The first-order valence-electron chi connectivity index (χ1n) is 6.71. The lowest BCUT2D eigenvalue weighted by molar-refractivity contribution is -0.121. The number of amides is 1.